The van der Waals surface area contributed by atoms with Crippen molar-refractivity contribution in [2.24, 2.45) is 0 Å². The molecule has 0 spiro atoms. The summed E-state index contributed by atoms with van der Waals surface area (Å²) in [6, 6.07) is 8.01. The molecule has 2 N–H and O–H groups in total. The van der Waals surface area contributed by atoms with E-state index in [1.165, 1.54) is 11.3 Å². The third-order valence-corrected chi connectivity index (χ3v) is 3.85. The Hall–Kier alpha value is -2.18. The molecule has 0 amide bonds. The van der Waals surface area contributed by atoms with Crippen LogP contribution in [-0.4, -0.2) is 30.3 Å². The lowest BCUT2D eigenvalue weighted by atomic mass is 10.1. The first kappa shape index (κ1) is 13.8. The molecule has 0 aliphatic carbocycles. The molecule has 0 fully saturated rings. The van der Waals surface area contributed by atoms with E-state index in [-0.39, 0.29) is 0 Å². The fourth-order valence-corrected chi connectivity index (χ4v) is 2.79. The Balaban J connectivity index is 1.88. The molecular weight excluding hydrogens is 286 g/mol. The number of thiazole rings is 1. The van der Waals surface area contributed by atoms with E-state index in [9.17, 15) is 0 Å². The van der Waals surface area contributed by atoms with Crippen molar-refractivity contribution in [2.45, 2.75) is 0 Å². The SMILES string of the molecule is COCCOc1cncc(-c2ccc3nc(N)sc3c2)c1. The van der Waals surface area contributed by atoms with E-state index in [1.54, 1.807) is 13.3 Å². The molecule has 3 aromatic rings. The number of aromatic nitrogens is 2. The summed E-state index contributed by atoms with van der Waals surface area (Å²) < 4.78 is 11.6. The number of hydrogen-bond acceptors (Lipinski definition) is 6. The standard InChI is InChI=1S/C15H15N3O2S/c1-19-4-5-20-12-6-11(8-17-9-12)10-2-3-13-14(7-10)21-15(16)18-13/h2-3,6-9H,4-5H2,1H3,(H2,16,18). The van der Waals surface area contributed by atoms with Gasteiger partial charge in [0.05, 0.1) is 23.0 Å². The van der Waals surface area contributed by atoms with Gasteiger partial charge in [0.1, 0.15) is 12.4 Å². The number of fused-ring (bicyclic) bond motifs is 1. The van der Waals surface area contributed by atoms with E-state index in [0.717, 1.165) is 27.1 Å². The van der Waals surface area contributed by atoms with E-state index in [0.29, 0.717) is 18.3 Å². The number of rotatable bonds is 5. The van der Waals surface area contributed by atoms with Crippen LogP contribution in [0.3, 0.4) is 0 Å². The third kappa shape index (κ3) is 3.12. The van der Waals surface area contributed by atoms with Gasteiger partial charge in [0.2, 0.25) is 0 Å². The molecule has 3 rings (SSSR count). The van der Waals surface area contributed by atoms with Crippen molar-refractivity contribution in [1.29, 1.82) is 0 Å². The van der Waals surface area contributed by atoms with Gasteiger partial charge in [-0.3, -0.25) is 4.98 Å². The first-order valence-electron chi connectivity index (χ1n) is 6.49. The summed E-state index contributed by atoms with van der Waals surface area (Å²) in [5, 5.41) is 0.580. The molecule has 2 heterocycles. The predicted octanol–water partition coefficient (Wildman–Crippen LogP) is 2.97. The Morgan fingerprint density at radius 1 is 1.14 bits per heavy atom. The normalized spacial score (nSPS) is 10.9. The Kier molecular flexibility index (Phi) is 3.98. The van der Waals surface area contributed by atoms with Crippen LogP contribution in [0.5, 0.6) is 5.75 Å². The lowest BCUT2D eigenvalue weighted by Crippen LogP contribution is -2.04. The van der Waals surface area contributed by atoms with Gasteiger partial charge in [0.25, 0.3) is 0 Å². The van der Waals surface area contributed by atoms with E-state index in [1.807, 2.05) is 24.4 Å². The minimum absolute atomic E-state index is 0.506. The van der Waals surface area contributed by atoms with Crippen molar-refractivity contribution in [3.63, 3.8) is 0 Å². The van der Waals surface area contributed by atoms with Crippen LogP contribution < -0.4 is 10.5 Å². The number of nitrogen functional groups attached to an aromatic ring is 1. The minimum atomic E-state index is 0.506. The van der Waals surface area contributed by atoms with Gasteiger partial charge >= 0.3 is 0 Å². The molecule has 0 aliphatic heterocycles. The summed E-state index contributed by atoms with van der Waals surface area (Å²) in [6.07, 6.45) is 3.51. The summed E-state index contributed by atoms with van der Waals surface area (Å²) >= 11 is 1.48. The Morgan fingerprint density at radius 2 is 2.05 bits per heavy atom. The molecule has 21 heavy (non-hydrogen) atoms. The summed E-state index contributed by atoms with van der Waals surface area (Å²) in [5.41, 5.74) is 8.72. The highest BCUT2D eigenvalue weighted by molar-refractivity contribution is 7.22. The van der Waals surface area contributed by atoms with Crippen LogP contribution in [0.4, 0.5) is 5.13 Å². The summed E-state index contributed by atoms with van der Waals surface area (Å²) in [6.45, 7) is 1.06. The Labute approximate surface area is 126 Å². The average molecular weight is 301 g/mol. The van der Waals surface area contributed by atoms with Gasteiger partial charge in [-0.2, -0.15) is 0 Å². The second-order valence-electron chi connectivity index (χ2n) is 4.49. The minimum Gasteiger partial charge on any atom is -0.490 e. The molecule has 6 heteroatoms. The maximum atomic E-state index is 5.73. The fraction of sp³-hybridized carbons (Fsp3) is 0.200. The zero-order chi connectivity index (χ0) is 14.7. The number of nitrogens with zero attached hydrogens (tertiary/aromatic N) is 2. The van der Waals surface area contributed by atoms with Crippen LogP contribution >= 0.6 is 11.3 Å². The summed E-state index contributed by atoms with van der Waals surface area (Å²) in [7, 11) is 1.65. The van der Waals surface area contributed by atoms with Crippen molar-refractivity contribution in [3.8, 4) is 16.9 Å². The van der Waals surface area contributed by atoms with E-state index in [4.69, 9.17) is 15.2 Å². The van der Waals surface area contributed by atoms with Crippen LogP contribution in [0.15, 0.2) is 36.7 Å². The molecule has 0 atom stereocenters. The van der Waals surface area contributed by atoms with Crippen LogP contribution in [0.25, 0.3) is 21.3 Å². The van der Waals surface area contributed by atoms with Gasteiger partial charge in [-0.25, -0.2) is 4.98 Å². The van der Waals surface area contributed by atoms with E-state index < -0.39 is 0 Å². The highest BCUT2D eigenvalue weighted by Gasteiger charge is 2.05. The number of benzene rings is 1. The molecule has 0 radical (unpaired) electrons. The van der Waals surface area contributed by atoms with E-state index >= 15 is 0 Å². The molecule has 0 unspecified atom stereocenters. The molecule has 0 aliphatic rings. The largest absolute Gasteiger partial charge is 0.490 e. The molecular formula is C15H15N3O2S. The Morgan fingerprint density at radius 3 is 2.90 bits per heavy atom. The number of nitrogens with two attached hydrogens (primary N) is 1. The van der Waals surface area contributed by atoms with Crippen molar-refractivity contribution in [3.05, 3.63) is 36.7 Å². The van der Waals surface area contributed by atoms with Crippen LogP contribution in [0, 0.1) is 0 Å². The zero-order valence-electron chi connectivity index (χ0n) is 11.6. The number of pyridine rings is 1. The van der Waals surface area contributed by atoms with Crippen molar-refractivity contribution in [1.82, 2.24) is 9.97 Å². The second kappa shape index (κ2) is 6.07. The first-order chi connectivity index (χ1) is 10.3. The molecule has 5 nitrogen and oxygen atoms in total. The number of ether oxygens (including phenoxy) is 2. The number of methoxy groups -OCH3 is 1. The molecule has 1 aromatic carbocycles. The van der Waals surface area contributed by atoms with Gasteiger partial charge < -0.3 is 15.2 Å². The predicted molar refractivity (Wildman–Crippen MR) is 84.6 cm³/mol. The van der Waals surface area contributed by atoms with Crippen molar-refractivity contribution in [2.75, 3.05) is 26.1 Å². The van der Waals surface area contributed by atoms with E-state index in [2.05, 4.69) is 16.0 Å². The number of anilines is 1. The van der Waals surface area contributed by atoms with Gasteiger partial charge in [0, 0.05) is 18.9 Å². The second-order valence-corrected chi connectivity index (χ2v) is 5.55. The molecule has 2 aromatic heterocycles. The quantitative estimate of drug-likeness (QED) is 0.734. The topological polar surface area (TPSA) is 70.3 Å². The Bertz CT molecular complexity index is 758. The maximum absolute atomic E-state index is 5.73. The zero-order valence-corrected chi connectivity index (χ0v) is 12.4. The third-order valence-electron chi connectivity index (χ3n) is 3.01. The smallest absolute Gasteiger partial charge is 0.181 e. The van der Waals surface area contributed by atoms with Gasteiger partial charge in [-0.05, 0) is 23.8 Å². The fourth-order valence-electron chi connectivity index (χ4n) is 2.02. The first-order valence-corrected chi connectivity index (χ1v) is 7.31. The summed E-state index contributed by atoms with van der Waals surface area (Å²) in [5.74, 6) is 0.730. The highest BCUT2D eigenvalue weighted by Crippen LogP contribution is 2.30. The highest BCUT2D eigenvalue weighted by atomic mass is 32.1. The molecule has 108 valence electrons. The summed E-state index contributed by atoms with van der Waals surface area (Å²) in [4.78, 5) is 8.48. The van der Waals surface area contributed by atoms with Crippen LogP contribution in [0.1, 0.15) is 0 Å². The number of hydrogen-bond donors (Lipinski definition) is 1. The lowest BCUT2D eigenvalue weighted by Gasteiger charge is -2.07. The lowest BCUT2D eigenvalue weighted by molar-refractivity contribution is 0.146. The van der Waals surface area contributed by atoms with Crippen molar-refractivity contribution >= 4 is 26.7 Å². The van der Waals surface area contributed by atoms with Crippen LogP contribution in [-0.2, 0) is 4.74 Å². The monoisotopic (exact) mass is 301 g/mol. The molecule has 0 saturated carbocycles. The molecule has 0 bridgehead atoms. The maximum Gasteiger partial charge on any atom is 0.181 e. The van der Waals surface area contributed by atoms with Gasteiger partial charge in [-0.1, -0.05) is 17.4 Å². The van der Waals surface area contributed by atoms with Crippen molar-refractivity contribution < 1.29 is 9.47 Å². The molecule has 0 saturated heterocycles. The average Bonchev–Trinajstić information content (AvgIpc) is 2.87. The van der Waals surface area contributed by atoms with Crippen LogP contribution in [0.2, 0.25) is 0 Å². The van der Waals surface area contributed by atoms with Gasteiger partial charge in [0.15, 0.2) is 5.13 Å². The van der Waals surface area contributed by atoms with Gasteiger partial charge in [-0.15, -0.1) is 0 Å².